The summed E-state index contributed by atoms with van der Waals surface area (Å²) in [6.07, 6.45) is 4.86. The summed E-state index contributed by atoms with van der Waals surface area (Å²) in [5.41, 5.74) is 5.84. The van der Waals surface area contributed by atoms with Crippen LogP contribution in [-0.4, -0.2) is 65.5 Å². The summed E-state index contributed by atoms with van der Waals surface area (Å²) in [5.74, 6) is 0.351. The fourth-order valence-electron chi connectivity index (χ4n) is 3.97. The molecule has 0 radical (unpaired) electrons. The fourth-order valence-corrected chi connectivity index (χ4v) is 3.97. The molecular weight excluding hydrogens is 310 g/mol. The molecule has 132 valence electrons. The number of carbonyl (C=O) groups is 1. The predicted molar refractivity (Wildman–Crippen MR) is 88.5 cm³/mol. The number of rotatable bonds is 5. The Morgan fingerprint density at radius 2 is 2.33 bits per heavy atom. The highest BCUT2D eigenvalue weighted by Gasteiger charge is 2.52. The molecule has 2 heterocycles. The lowest BCUT2D eigenvalue weighted by Gasteiger charge is -2.43. The third-order valence-electron chi connectivity index (χ3n) is 5.28. The molecule has 3 rings (SSSR count). The molecule has 1 saturated heterocycles. The van der Waals surface area contributed by atoms with E-state index in [-0.39, 0.29) is 30.3 Å². The van der Waals surface area contributed by atoms with Gasteiger partial charge in [-0.15, -0.1) is 0 Å². The molecule has 0 aromatic carbocycles. The van der Waals surface area contributed by atoms with Crippen molar-refractivity contribution in [2.75, 3.05) is 32.6 Å². The molecule has 1 amide bonds. The first-order valence-electron chi connectivity index (χ1n) is 8.40. The number of likely N-dealkylation sites (tertiary alicyclic amines) is 1. The molecule has 1 aliphatic heterocycles. The summed E-state index contributed by atoms with van der Waals surface area (Å²) in [6, 6.07) is 3.33. The Morgan fingerprint density at radius 1 is 1.50 bits per heavy atom. The monoisotopic (exact) mass is 335 g/mol. The van der Waals surface area contributed by atoms with E-state index in [0.717, 1.165) is 25.7 Å². The van der Waals surface area contributed by atoms with E-state index in [1.54, 1.807) is 19.2 Å². The van der Waals surface area contributed by atoms with Crippen molar-refractivity contribution < 1.29 is 19.4 Å². The lowest BCUT2D eigenvalue weighted by Crippen LogP contribution is -2.53. The molecule has 1 aromatic rings. The zero-order valence-corrected chi connectivity index (χ0v) is 14.0. The van der Waals surface area contributed by atoms with E-state index in [0.29, 0.717) is 24.5 Å². The van der Waals surface area contributed by atoms with Crippen LogP contribution in [0.2, 0.25) is 0 Å². The van der Waals surface area contributed by atoms with E-state index in [9.17, 15) is 4.79 Å². The molecule has 0 unspecified atom stereocenters. The van der Waals surface area contributed by atoms with Gasteiger partial charge >= 0.3 is 0 Å². The van der Waals surface area contributed by atoms with E-state index >= 15 is 0 Å². The summed E-state index contributed by atoms with van der Waals surface area (Å²) >= 11 is 0. The van der Waals surface area contributed by atoms with Crippen LogP contribution in [-0.2, 0) is 9.47 Å². The molecular formula is C17H25N3O4. The number of nitrogens with zero attached hydrogens (tertiary/aromatic N) is 2. The maximum absolute atomic E-state index is 12.9. The minimum Gasteiger partial charge on any atom is -0.394 e. The first-order valence-corrected chi connectivity index (χ1v) is 8.40. The van der Waals surface area contributed by atoms with Gasteiger partial charge in [-0.25, -0.2) is 4.98 Å². The minimum atomic E-state index is -0.296. The summed E-state index contributed by atoms with van der Waals surface area (Å²) in [7, 11) is 1.72. The van der Waals surface area contributed by atoms with Crippen LogP contribution < -0.4 is 5.73 Å². The number of amides is 1. The molecule has 7 nitrogen and oxygen atoms in total. The van der Waals surface area contributed by atoms with Crippen molar-refractivity contribution in [1.29, 1.82) is 0 Å². The van der Waals surface area contributed by atoms with E-state index in [1.165, 1.54) is 6.20 Å². The van der Waals surface area contributed by atoms with Crippen molar-refractivity contribution in [1.82, 2.24) is 9.88 Å². The molecule has 0 spiro atoms. The first-order chi connectivity index (χ1) is 11.6. The quantitative estimate of drug-likeness (QED) is 0.827. The van der Waals surface area contributed by atoms with Crippen LogP contribution in [0.3, 0.4) is 0 Å². The van der Waals surface area contributed by atoms with E-state index in [1.807, 2.05) is 4.90 Å². The normalized spacial score (nSPS) is 29.5. The van der Waals surface area contributed by atoms with Gasteiger partial charge in [0.2, 0.25) is 0 Å². The topological polar surface area (TPSA) is 97.9 Å². The van der Waals surface area contributed by atoms with Gasteiger partial charge in [0.25, 0.3) is 5.91 Å². The average molecular weight is 335 g/mol. The summed E-state index contributed by atoms with van der Waals surface area (Å²) in [6.45, 7) is 0.998. The Balaban J connectivity index is 1.78. The molecule has 1 aromatic heterocycles. The van der Waals surface area contributed by atoms with Crippen molar-refractivity contribution in [3.63, 3.8) is 0 Å². The molecule has 3 atom stereocenters. The van der Waals surface area contributed by atoms with Crippen LogP contribution in [0.1, 0.15) is 36.0 Å². The summed E-state index contributed by atoms with van der Waals surface area (Å²) < 4.78 is 11.6. The Morgan fingerprint density at radius 3 is 3.00 bits per heavy atom. The molecule has 1 aliphatic carbocycles. The van der Waals surface area contributed by atoms with Crippen LogP contribution >= 0.6 is 0 Å². The number of fused-ring (bicyclic) bond motifs is 1. The zero-order chi connectivity index (χ0) is 17.2. The fraction of sp³-hybridized carbons (Fsp3) is 0.647. The number of nitrogen functional groups attached to an aromatic ring is 1. The van der Waals surface area contributed by atoms with E-state index in [4.69, 9.17) is 20.3 Å². The van der Waals surface area contributed by atoms with Gasteiger partial charge in [0, 0.05) is 19.9 Å². The van der Waals surface area contributed by atoms with Crippen LogP contribution in [0.25, 0.3) is 0 Å². The Hall–Kier alpha value is -1.70. The highest BCUT2D eigenvalue weighted by Crippen LogP contribution is 2.43. The summed E-state index contributed by atoms with van der Waals surface area (Å²) in [5, 5.41) is 8.96. The number of aromatic nitrogens is 1. The number of methoxy groups -OCH3 is 1. The molecule has 2 aliphatic rings. The zero-order valence-electron chi connectivity index (χ0n) is 14.0. The van der Waals surface area contributed by atoms with Gasteiger partial charge in [0.05, 0.1) is 36.5 Å². The number of aliphatic hydroxyl groups is 1. The Labute approximate surface area is 141 Å². The maximum Gasteiger partial charge on any atom is 0.255 e. The molecule has 3 N–H and O–H groups in total. The van der Waals surface area contributed by atoms with Gasteiger partial charge in [0.1, 0.15) is 5.82 Å². The van der Waals surface area contributed by atoms with Crippen molar-refractivity contribution in [3.8, 4) is 0 Å². The number of pyridine rings is 1. The van der Waals surface area contributed by atoms with E-state index < -0.39 is 0 Å². The van der Waals surface area contributed by atoms with Gasteiger partial charge in [-0.3, -0.25) is 4.79 Å². The second kappa shape index (κ2) is 7.04. The van der Waals surface area contributed by atoms with Gasteiger partial charge in [-0.05, 0) is 37.8 Å². The standard InChI is InChI=1S/C17H25N3O4/c1-23-17-5-4-13(24-9-8-21)10-14(17)20(7-6-17)16(22)12-2-3-15(18)19-11-12/h2-3,11,13-14,21H,4-10H2,1H3,(H2,18,19)/t13-,14-,17+/m0/s1. The van der Waals surface area contributed by atoms with Crippen molar-refractivity contribution in [2.24, 2.45) is 0 Å². The largest absolute Gasteiger partial charge is 0.394 e. The van der Waals surface area contributed by atoms with Gasteiger partial charge in [-0.2, -0.15) is 0 Å². The SMILES string of the molecule is CO[C@@]12CC[C@H](OCCO)C[C@@H]1N(C(=O)c1ccc(N)nc1)CC2. The summed E-state index contributed by atoms with van der Waals surface area (Å²) in [4.78, 5) is 18.8. The third-order valence-corrected chi connectivity index (χ3v) is 5.28. The number of anilines is 1. The smallest absolute Gasteiger partial charge is 0.255 e. The minimum absolute atomic E-state index is 0.0103. The number of ether oxygens (including phenoxy) is 2. The molecule has 1 saturated carbocycles. The number of carbonyl (C=O) groups excluding carboxylic acids is 1. The molecule has 0 bridgehead atoms. The Bertz CT molecular complexity index is 580. The van der Waals surface area contributed by atoms with Crippen molar-refractivity contribution in [3.05, 3.63) is 23.9 Å². The van der Waals surface area contributed by atoms with Gasteiger partial charge in [0.15, 0.2) is 0 Å². The van der Waals surface area contributed by atoms with Crippen LogP contribution in [0.5, 0.6) is 0 Å². The van der Waals surface area contributed by atoms with Crippen LogP contribution in [0, 0.1) is 0 Å². The van der Waals surface area contributed by atoms with Crippen LogP contribution in [0.15, 0.2) is 18.3 Å². The number of nitrogens with two attached hydrogens (primary N) is 1. The highest BCUT2D eigenvalue weighted by molar-refractivity contribution is 5.94. The van der Waals surface area contributed by atoms with Crippen LogP contribution in [0.4, 0.5) is 5.82 Å². The lowest BCUT2D eigenvalue weighted by molar-refractivity contribution is -0.0992. The maximum atomic E-state index is 12.9. The number of hydrogen-bond donors (Lipinski definition) is 2. The van der Waals surface area contributed by atoms with Gasteiger partial charge < -0.3 is 25.2 Å². The third kappa shape index (κ3) is 3.11. The number of hydrogen-bond acceptors (Lipinski definition) is 6. The predicted octanol–water partition coefficient (Wildman–Crippen LogP) is 0.825. The van der Waals surface area contributed by atoms with Gasteiger partial charge in [-0.1, -0.05) is 0 Å². The van der Waals surface area contributed by atoms with E-state index in [2.05, 4.69) is 4.98 Å². The molecule has 7 heteroatoms. The molecule has 24 heavy (non-hydrogen) atoms. The first kappa shape index (κ1) is 17.1. The average Bonchev–Trinajstić information content (AvgIpc) is 2.99. The lowest BCUT2D eigenvalue weighted by atomic mass is 9.79. The second-order valence-corrected chi connectivity index (χ2v) is 6.50. The van der Waals surface area contributed by atoms with Crippen molar-refractivity contribution in [2.45, 2.75) is 43.4 Å². The second-order valence-electron chi connectivity index (χ2n) is 6.50. The Kier molecular flexibility index (Phi) is 5.03. The van der Waals surface area contributed by atoms with Crippen molar-refractivity contribution >= 4 is 11.7 Å². The molecule has 2 fully saturated rings. The number of aliphatic hydroxyl groups excluding tert-OH is 1. The highest BCUT2D eigenvalue weighted by atomic mass is 16.5.